The number of aromatic amines is 1. The highest BCUT2D eigenvalue weighted by Crippen LogP contribution is 2.19. The van der Waals surface area contributed by atoms with Crippen LogP contribution in [0.1, 0.15) is 43.4 Å². The van der Waals surface area contributed by atoms with Gasteiger partial charge in [-0.2, -0.15) is 0 Å². The fourth-order valence-corrected chi connectivity index (χ4v) is 4.28. The molecule has 3 N–H and O–H groups in total. The molecule has 2 amide bonds. The van der Waals surface area contributed by atoms with Crippen molar-refractivity contribution in [1.29, 1.82) is 0 Å². The highest BCUT2D eigenvalue weighted by molar-refractivity contribution is 5.90. The second kappa shape index (κ2) is 14.8. The number of H-pyrrole nitrogens is 1. The van der Waals surface area contributed by atoms with E-state index in [1.54, 1.807) is 16.5 Å². The molecule has 0 aliphatic heterocycles. The summed E-state index contributed by atoms with van der Waals surface area (Å²) in [4.78, 5) is 31.2. The first-order valence-corrected chi connectivity index (χ1v) is 12.9. The number of hydrogen-bond donors (Lipinski definition) is 3. The number of fused-ring (bicyclic) bond motifs is 1. The standard InChI is InChI=1S/C29H38N4O4/c1-3-16-33(17-4-2)29(35)37-20-19-32(18-15-25-21-30-27-8-6-5-7-26(25)27)22-24-11-9-23(10-12-24)13-14-28(34)31-36/h5-14,21,30,36H,3-4,15-20,22H2,1-2H3,(H,31,34). The largest absolute Gasteiger partial charge is 0.448 e. The molecule has 198 valence electrons. The second-order valence-electron chi connectivity index (χ2n) is 9.04. The third-order valence-electron chi connectivity index (χ3n) is 6.17. The lowest BCUT2D eigenvalue weighted by molar-refractivity contribution is -0.124. The summed E-state index contributed by atoms with van der Waals surface area (Å²) in [6.07, 6.45) is 7.42. The van der Waals surface area contributed by atoms with Gasteiger partial charge < -0.3 is 14.6 Å². The van der Waals surface area contributed by atoms with Gasteiger partial charge in [-0.3, -0.25) is 14.9 Å². The minimum absolute atomic E-state index is 0.247. The van der Waals surface area contributed by atoms with Crippen LogP contribution in [0.15, 0.2) is 60.8 Å². The van der Waals surface area contributed by atoms with Crippen molar-refractivity contribution in [2.45, 2.75) is 39.7 Å². The molecule has 0 unspecified atom stereocenters. The van der Waals surface area contributed by atoms with Crippen LogP contribution in [-0.2, 0) is 22.5 Å². The van der Waals surface area contributed by atoms with Gasteiger partial charge in [0.25, 0.3) is 5.91 Å². The first kappa shape index (κ1) is 28.0. The summed E-state index contributed by atoms with van der Waals surface area (Å²) in [5.74, 6) is -0.571. The lowest BCUT2D eigenvalue weighted by Crippen LogP contribution is -2.35. The van der Waals surface area contributed by atoms with E-state index < -0.39 is 5.91 Å². The van der Waals surface area contributed by atoms with Crippen molar-refractivity contribution in [3.8, 4) is 0 Å². The molecule has 0 fully saturated rings. The Hall–Kier alpha value is -3.62. The van der Waals surface area contributed by atoms with E-state index in [-0.39, 0.29) is 6.09 Å². The lowest BCUT2D eigenvalue weighted by Gasteiger charge is -2.24. The van der Waals surface area contributed by atoms with Gasteiger partial charge in [0.1, 0.15) is 6.61 Å². The first-order chi connectivity index (χ1) is 18.0. The number of hydrogen-bond acceptors (Lipinski definition) is 5. The van der Waals surface area contributed by atoms with Gasteiger partial charge in [-0.15, -0.1) is 0 Å². The number of carbonyl (C=O) groups is 2. The van der Waals surface area contributed by atoms with Gasteiger partial charge in [0.15, 0.2) is 0 Å². The van der Waals surface area contributed by atoms with E-state index in [2.05, 4.69) is 48.1 Å². The predicted molar refractivity (Wildman–Crippen MR) is 146 cm³/mol. The molecule has 0 atom stereocenters. The summed E-state index contributed by atoms with van der Waals surface area (Å²) in [7, 11) is 0. The normalized spacial score (nSPS) is 11.4. The molecule has 8 nitrogen and oxygen atoms in total. The Bertz CT molecular complexity index is 1150. The second-order valence-corrected chi connectivity index (χ2v) is 9.04. The Labute approximate surface area is 218 Å². The molecule has 0 bridgehead atoms. The average Bonchev–Trinajstić information content (AvgIpc) is 3.33. The molecule has 0 spiro atoms. The van der Waals surface area contributed by atoms with Gasteiger partial charge in [-0.1, -0.05) is 56.3 Å². The van der Waals surface area contributed by atoms with Gasteiger partial charge in [0.2, 0.25) is 0 Å². The maximum absolute atomic E-state index is 12.6. The molecule has 1 aromatic heterocycles. The molecular weight excluding hydrogens is 468 g/mol. The number of amides is 2. The molecule has 0 aliphatic rings. The molecule has 0 aliphatic carbocycles. The zero-order chi connectivity index (χ0) is 26.5. The zero-order valence-corrected chi connectivity index (χ0v) is 21.8. The highest BCUT2D eigenvalue weighted by Gasteiger charge is 2.15. The van der Waals surface area contributed by atoms with Crippen LogP contribution in [0.3, 0.4) is 0 Å². The van der Waals surface area contributed by atoms with Gasteiger partial charge in [-0.25, -0.2) is 10.3 Å². The van der Waals surface area contributed by atoms with Gasteiger partial charge in [-0.05, 0) is 48.1 Å². The Morgan fingerprint density at radius 1 is 1.00 bits per heavy atom. The number of aromatic nitrogens is 1. The van der Waals surface area contributed by atoms with Crippen LogP contribution in [0.4, 0.5) is 4.79 Å². The molecule has 1 heterocycles. The Kier molecular flexibility index (Phi) is 11.2. The molecule has 3 aromatic rings. The summed E-state index contributed by atoms with van der Waals surface area (Å²) in [6, 6.07) is 16.2. The van der Waals surface area contributed by atoms with E-state index in [4.69, 9.17) is 9.94 Å². The number of nitrogens with one attached hydrogen (secondary N) is 2. The van der Waals surface area contributed by atoms with Crippen molar-refractivity contribution in [1.82, 2.24) is 20.3 Å². The first-order valence-electron chi connectivity index (χ1n) is 12.9. The Balaban J connectivity index is 1.64. The van der Waals surface area contributed by atoms with E-state index in [9.17, 15) is 9.59 Å². The van der Waals surface area contributed by atoms with Crippen molar-refractivity contribution < 1.29 is 19.5 Å². The van der Waals surface area contributed by atoms with Gasteiger partial charge in [0, 0.05) is 55.9 Å². The topological polar surface area (TPSA) is 97.9 Å². The van der Waals surface area contributed by atoms with Crippen LogP contribution in [-0.4, -0.2) is 64.8 Å². The number of hydroxylamine groups is 1. The number of benzene rings is 2. The van der Waals surface area contributed by atoms with Crippen LogP contribution >= 0.6 is 0 Å². The minimum atomic E-state index is -0.571. The summed E-state index contributed by atoms with van der Waals surface area (Å²) in [5.41, 5.74) is 5.95. The van der Waals surface area contributed by atoms with E-state index in [0.29, 0.717) is 32.8 Å². The lowest BCUT2D eigenvalue weighted by atomic mass is 10.1. The van der Waals surface area contributed by atoms with Crippen molar-refractivity contribution in [2.75, 3.05) is 32.8 Å². The maximum atomic E-state index is 12.6. The Morgan fingerprint density at radius 3 is 2.43 bits per heavy atom. The van der Waals surface area contributed by atoms with E-state index >= 15 is 0 Å². The molecule has 0 saturated carbocycles. The SMILES string of the molecule is CCCN(CCC)C(=O)OCCN(CCc1c[nH]c2ccccc12)Cc1ccc(C=CC(=O)NO)cc1. The van der Waals surface area contributed by atoms with Crippen molar-refractivity contribution in [3.05, 3.63) is 77.5 Å². The monoisotopic (exact) mass is 506 g/mol. The van der Waals surface area contributed by atoms with E-state index in [0.717, 1.165) is 42.5 Å². The summed E-state index contributed by atoms with van der Waals surface area (Å²) in [6.45, 7) is 8.00. The highest BCUT2D eigenvalue weighted by atomic mass is 16.6. The number of rotatable bonds is 14. The van der Waals surface area contributed by atoms with Crippen LogP contribution in [0.2, 0.25) is 0 Å². The molecule has 0 saturated heterocycles. The number of para-hydroxylation sites is 1. The summed E-state index contributed by atoms with van der Waals surface area (Å²) in [5, 5.41) is 9.86. The molecule has 8 heteroatoms. The van der Waals surface area contributed by atoms with Crippen molar-refractivity contribution >= 4 is 29.0 Å². The predicted octanol–water partition coefficient (Wildman–Crippen LogP) is 4.99. The van der Waals surface area contributed by atoms with Gasteiger partial charge >= 0.3 is 6.09 Å². The molecule has 37 heavy (non-hydrogen) atoms. The van der Waals surface area contributed by atoms with Gasteiger partial charge in [0.05, 0.1) is 0 Å². The Morgan fingerprint density at radius 2 is 1.73 bits per heavy atom. The average molecular weight is 507 g/mol. The number of nitrogens with zero attached hydrogens (tertiary/aromatic N) is 2. The van der Waals surface area contributed by atoms with E-state index in [1.165, 1.54) is 17.0 Å². The maximum Gasteiger partial charge on any atom is 0.409 e. The fraction of sp³-hybridized carbons (Fsp3) is 0.379. The third-order valence-corrected chi connectivity index (χ3v) is 6.17. The van der Waals surface area contributed by atoms with Crippen LogP contribution in [0, 0.1) is 0 Å². The quantitative estimate of drug-likeness (QED) is 0.163. The van der Waals surface area contributed by atoms with E-state index in [1.807, 2.05) is 30.3 Å². The minimum Gasteiger partial charge on any atom is -0.448 e. The molecule has 2 aromatic carbocycles. The molecule has 3 rings (SSSR count). The fourth-order valence-electron chi connectivity index (χ4n) is 4.28. The van der Waals surface area contributed by atoms with Crippen LogP contribution in [0.25, 0.3) is 17.0 Å². The van der Waals surface area contributed by atoms with Crippen LogP contribution < -0.4 is 5.48 Å². The van der Waals surface area contributed by atoms with Crippen molar-refractivity contribution in [2.24, 2.45) is 0 Å². The number of ether oxygens (including phenoxy) is 1. The summed E-state index contributed by atoms with van der Waals surface area (Å²) < 4.78 is 5.64. The molecule has 0 radical (unpaired) electrons. The summed E-state index contributed by atoms with van der Waals surface area (Å²) >= 11 is 0. The number of carbonyl (C=O) groups excluding carboxylic acids is 2. The molecular formula is C29H38N4O4. The smallest absolute Gasteiger partial charge is 0.409 e. The van der Waals surface area contributed by atoms with Crippen molar-refractivity contribution in [3.63, 3.8) is 0 Å². The third kappa shape index (κ3) is 8.77. The zero-order valence-electron chi connectivity index (χ0n) is 21.8. The van der Waals surface area contributed by atoms with Crippen LogP contribution in [0.5, 0.6) is 0 Å².